The van der Waals surface area contributed by atoms with Crippen molar-refractivity contribution in [3.8, 4) is 0 Å². The number of nitrogens with zero attached hydrogens (tertiary/aromatic N) is 4. The van der Waals surface area contributed by atoms with Gasteiger partial charge in [0.1, 0.15) is 0 Å². The molecule has 3 aromatic rings. The van der Waals surface area contributed by atoms with Crippen molar-refractivity contribution in [1.82, 2.24) is 19.2 Å². The van der Waals surface area contributed by atoms with Gasteiger partial charge < -0.3 is 9.32 Å². The van der Waals surface area contributed by atoms with Crippen molar-refractivity contribution in [2.24, 2.45) is 7.05 Å². The molecular weight excluding hydrogens is 375 g/mol. The molecule has 1 amide bonds. The van der Waals surface area contributed by atoms with E-state index in [0.29, 0.717) is 12.1 Å². The lowest BCUT2D eigenvalue weighted by molar-refractivity contribution is -0.130. The fourth-order valence-corrected chi connectivity index (χ4v) is 4.27. The number of carbonyl (C=O) groups excluding carboxylic acids is 1. The lowest BCUT2D eigenvalue weighted by Gasteiger charge is -2.32. The zero-order valence-electron chi connectivity index (χ0n) is 17.2. The highest BCUT2D eigenvalue weighted by molar-refractivity contribution is 5.75. The summed E-state index contributed by atoms with van der Waals surface area (Å²) in [6.07, 6.45) is 1.74. The summed E-state index contributed by atoms with van der Waals surface area (Å²) < 4.78 is 23.3. The zero-order chi connectivity index (χ0) is 20.9. The Morgan fingerprint density at radius 3 is 2.76 bits per heavy atom. The van der Waals surface area contributed by atoms with Crippen LogP contribution >= 0.6 is 0 Å². The molecule has 1 aliphatic heterocycles. The quantitative estimate of drug-likeness (QED) is 0.678. The average Bonchev–Trinajstić information content (AvgIpc) is 3.13. The van der Waals surface area contributed by atoms with Gasteiger partial charge in [0.2, 0.25) is 5.91 Å². The molecule has 1 aromatic carbocycles. The second-order valence-corrected chi connectivity index (χ2v) is 7.88. The van der Waals surface area contributed by atoms with Crippen molar-refractivity contribution in [3.05, 3.63) is 51.0 Å². The molecule has 1 aliphatic rings. The summed E-state index contributed by atoms with van der Waals surface area (Å²) in [6, 6.07) is 3.27. The normalized spacial score (nSPS) is 17.3. The molecule has 29 heavy (non-hydrogen) atoms. The number of hydrogen-bond acceptors (Lipinski definition) is 4. The highest BCUT2D eigenvalue weighted by Crippen LogP contribution is 2.31. The van der Waals surface area contributed by atoms with Crippen LogP contribution in [-0.2, 0) is 18.4 Å². The summed E-state index contributed by atoms with van der Waals surface area (Å²) in [5.41, 5.74) is 3.89. The molecule has 1 saturated heterocycles. The Kier molecular flexibility index (Phi) is 4.80. The van der Waals surface area contributed by atoms with Gasteiger partial charge in [-0.15, -0.1) is 0 Å². The number of benzene rings is 1. The van der Waals surface area contributed by atoms with Gasteiger partial charge in [-0.05, 0) is 44.4 Å². The molecule has 1 atom stereocenters. The van der Waals surface area contributed by atoms with Crippen molar-refractivity contribution >= 4 is 17.0 Å². The van der Waals surface area contributed by atoms with Crippen molar-refractivity contribution in [1.29, 1.82) is 0 Å². The molecule has 8 heteroatoms. The average molecular weight is 400 g/mol. The summed E-state index contributed by atoms with van der Waals surface area (Å²) in [6.45, 7) is 6.94. The van der Waals surface area contributed by atoms with E-state index in [1.165, 1.54) is 10.6 Å². The van der Waals surface area contributed by atoms with Gasteiger partial charge in [0, 0.05) is 44.2 Å². The molecular formula is C21H25FN4O3. The lowest BCUT2D eigenvalue weighted by atomic mass is 9.90. The maximum atomic E-state index is 14.8. The minimum atomic E-state index is -0.590. The molecule has 2 aromatic heterocycles. The first-order valence-corrected chi connectivity index (χ1v) is 9.83. The number of aromatic nitrogens is 3. The van der Waals surface area contributed by atoms with Crippen LogP contribution < -0.4 is 5.76 Å². The van der Waals surface area contributed by atoms with E-state index in [9.17, 15) is 14.0 Å². The van der Waals surface area contributed by atoms with E-state index in [1.807, 2.05) is 27.0 Å². The van der Waals surface area contributed by atoms with Crippen LogP contribution in [-0.4, -0.2) is 38.2 Å². The van der Waals surface area contributed by atoms with Crippen LogP contribution in [0.5, 0.6) is 0 Å². The molecule has 1 unspecified atom stereocenters. The number of hydrogen-bond donors (Lipinski definition) is 0. The third-order valence-corrected chi connectivity index (χ3v) is 6.06. The molecule has 0 radical (unpaired) electrons. The van der Waals surface area contributed by atoms with Crippen LogP contribution in [0, 0.1) is 19.7 Å². The van der Waals surface area contributed by atoms with E-state index in [2.05, 4.69) is 5.10 Å². The molecule has 154 valence electrons. The standard InChI is InChI=1S/C21H25FN4O3/c1-12-17(13(2)24(4)23-12)11-26-19-9-16(8-18(22)20(19)29-21(26)28)15-6-5-7-25(10-15)14(3)27/h8-9,15H,5-7,10-11H2,1-4H3. The van der Waals surface area contributed by atoms with Gasteiger partial charge in [0.05, 0.1) is 17.8 Å². The highest BCUT2D eigenvalue weighted by atomic mass is 19.1. The van der Waals surface area contributed by atoms with Gasteiger partial charge in [-0.2, -0.15) is 5.10 Å². The summed E-state index contributed by atoms with van der Waals surface area (Å²) in [4.78, 5) is 26.1. The Morgan fingerprint density at radius 1 is 1.34 bits per heavy atom. The van der Waals surface area contributed by atoms with Gasteiger partial charge in [-0.1, -0.05) is 0 Å². The fraction of sp³-hybridized carbons (Fsp3) is 0.476. The topological polar surface area (TPSA) is 73.3 Å². The van der Waals surface area contributed by atoms with Gasteiger partial charge in [-0.25, -0.2) is 9.18 Å². The van der Waals surface area contributed by atoms with Gasteiger partial charge in [0.15, 0.2) is 11.4 Å². The molecule has 0 N–H and O–H groups in total. The first-order valence-electron chi connectivity index (χ1n) is 9.83. The highest BCUT2D eigenvalue weighted by Gasteiger charge is 2.25. The third-order valence-electron chi connectivity index (χ3n) is 6.06. The second-order valence-electron chi connectivity index (χ2n) is 7.88. The minimum Gasteiger partial charge on any atom is -0.405 e. The molecule has 1 fully saturated rings. The van der Waals surface area contributed by atoms with E-state index in [-0.39, 0.29) is 24.0 Å². The van der Waals surface area contributed by atoms with Gasteiger partial charge >= 0.3 is 5.76 Å². The van der Waals surface area contributed by atoms with E-state index in [1.54, 1.807) is 16.5 Å². The van der Waals surface area contributed by atoms with Gasteiger partial charge in [0.25, 0.3) is 0 Å². The number of halogens is 1. The molecule has 0 saturated carbocycles. The molecule has 3 heterocycles. The van der Waals surface area contributed by atoms with Crippen LogP contribution in [0.4, 0.5) is 4.39 Å². The molecule has 0 spiro atoms. The van der Waals surface area contributed by atoms with E-state index in [0.717, 1.165) is 41.9 Å². The Balaban J connectivity index is 1.77. The largest absolute Gasteiger partial charge is 0.420 e. The number of rotatable bonds is 3. The first-order chi connectivity index (χ1) is 13.8. The third kappa shape index (κ3) is 3.36. The Morgan fingerprint density at radius 2 is 2.10 bits per heavy atom. The monoisotopic (exact) mass is 400 g/mol. The molecule has 0 aliphatic carbocycles. The van der Waals surface area contributed by atoms with Crippen molar-refractivity contribution in [2.45, 2.75) is 46.1 Å². The smallest absolute Gasteiger partial charge is 0.405 e. The summed E-state index contributed by atoms with van der Waals surface area (Å²) in [5, 5.41) is 4.39. The summed E-state index contributed by atoms with van der Waals surface area (Å²) in [5.74, 6) is -1.08. The molecule has 4 rings (SSSR count). The lowest BCUT2D eigenvalue weighted by Crippen LogP contribution is -2.37. The maximum Gasteiger partial charge on any atom is 0.420 e. The zero-order valence-corrected chi connectivity index (χ0v) is 17.2. The number of amides is 1. The first kappa shape index (κ1) is 19.4. The number of piperidine rings is 1. The Hall–Kier alpha value is -2.90. The minimum absolute atomic E-state index is 0.0268. The van der Waals surface area contributed by atoms with Crippen LogP contribution in [0.15, 0.2) is 21.3 Å². The van der Waals surface area contributed by atoms with Crippen molar-refractivity contribution in [2.75, 3.05) is 13.1 Å². The fourth-order valence-electron chi connectivity index (χ4n) is 4.27. The molecule has 7 nitrogen and oxygen atoms in total. The summed E-state index contributed by atoms with van der Waals surface area (Å²) in [7, 11) is 1.85. The predicted molar refractivity (Wildman–Crippen MR) is 106 cm³/mol. The number of oxazole rings is 1. The van der Waals surface area contributed by atoms with Crippen LogP contribution in [0.1, 0.15) is 48.2 Å². The van der Waals surface area contributed by atoms with Gasteiger partial charge in [-0.3, -0.25) is 14.0 Å². The maximum absolute atomic E-state index is 14.8. The Bertz CT molecular complexity index is 1160. The number of aryl methyl sites for hydroxylation is 2. The summed E-state index contributed by atoms with van der Waals surface area (Å²) >= 11 is 0. The van der Waals surface area contributed by atoms with E-state index >= 15 is 0 Å². The number of carbonyl (C=O) groups is 1. The Labute approximate surface area is 167 Å². The molecule has 0 bridgehead atoms. The SMILES string of the molecule is CC(=O)N1CCCC(c2cc(F)c3oc(=O)n(Cc4c(C)nn(C)c4C)c3c2)C1. The van der Waals surface area contributed by atoms with E-state index < -0.39 is 11.6 Å². The van der Waals surface area contributed by atoms with Crippen LogP contribution in [0.2, 0.25) is 0 Å². The van der Waals surface area contributed by atoms with E-state index in [4.69, 9.17) is 4.42 Å². The van der Waals surface area contributed by atoms with Crippen LogP contribution in [0.25, 0.3) is 11.1 Å². The van der Waals surface area contributed by atoms with Crippen molar-refractivity contribution in [3.63, 3.8) is 0 Å². The predicted octanol–water partition coefficient (Wildman–Crippen LogP) is 2.86. The number of fused-ring (bicyclic) bond motifs is 1. The second kappa shape index (κ2) is 7.17. The van der Waals surface area contributed by atoms with Crippen molar-refractivity contribution < 1.29 is 13.6 Å². The van der Waals surface area contributed by atoms with Crippen LogP contribution in [0.3, 0.4) is 0 Å². The number of likely N-dealkylation sites (tertiary alicyclic amines) is 1.